The molecule has 2 rings (SSSR count). The van der Waals surface area contributed by atoms with Gasteiger partial charge in [0.15, 0.2) is 0 Å². The number of hydrogen-bond donors (Lipinski definition) is 1. The maximum absolute atomic E-state index is 12.2. The average Bonchev–Trinajstić information content (AvgIpc) is 2.53. The van der Waals surface area contributed by atoms with Crippen LogP contribution in [0.25, 0.3) is 0 Å². The lowest BCUT2D eigenvalue weighted by Crippen LogP contribution is -2.44. The third kappa shape index (κ3) is 5.04. The fourth-order valence-electron chi connectivity index (χ4n) is 2.50. The van der Waals surface area contributed by atoms with Crippen molar-refractivity contribution in [2.45, 2.75) is 51.8 Å². The van der Waals surface area contributed by atoms with Gasteiger partial charge >= 0.3 is 0 Å². The Morgan fingerprint density at radius 2 is 1.92 bits per heavy atom. The van der Waals surface area contributed by atoms with Gasteiger partial charge in [-0.25, -0.2) is 12.7 Å². The van der Waals surface area contributed by atoms with E-state index in [0.717, 1.165) is 12.8 Å². The van der Waals surface area contributed by atoms with Crippen molar-refractivity contribution in [3.8, 4) is 5.88 Å². The van der Waals surface area contributed by atoms with Crippen LogP contribution in [-0.2, 0) is 10.0 Å². The van der Waals surface area contributed by atoms with E-state index in [1.807, 2.05) is 0 Å². The van der Waals surface area contributed by atoms with E-state index in [1.165, 1.54) is 0 Å². The minimum absolute atomic E-state index is 0.193. The van der Waals surface area contributed by atoms with Gasteiger partial charge in [0.05, 0.1) is 24.3 Å². The quantitative estimate of drug-likeness (QED) is 0.806. The fourth-order valence-corrected chi connectivity index (χ4v) is 3.82. The van der Waals surface area contributed by atoms with E-state index < -0.39 is 10.0 Å². The molecular formula is C16H28N4O3S. The highest BCUT2D eigenvalue weighted by atomic mass is 32.2. The van der Waals surface area contributed by atoms with Gasteiger partial charge in [-0.05, 0) is 32.6 Å². The molecule has 1 N–H and O–H groups in total. The van der Waals surface area contributed by atoms with E-state index >= 15 is 0 Å². The number of nitrogens with zero attached hydrogens (tertiary/aromatic N) is 3. The summed E-state index contributed by atoms with van der Waals surface area (Å²) in [5, 5.41) is 2.96. The summed E-state index contributed by atoms with van der Waals surface area (Å²) >= 11 is 0. The van der Waals surface area contributed by atoms with Gasteiger partial charge in [0.1, 0.15) is 5.82 Å². The first-order valence-corrected chi connectivity index (χ1v) is 9.99. The molecule has 1 aliphatic rings. The number of hydrogen-bond acceptors (Lipinski definition) is 6. The van der Waals surface area contributed by atoms with Crippen molar-refractivity contribution in [1.29, 1.82) is 0 Å². The van der Waals surface area contributed by atoms with Crippen LogP contribution in [0.2, 0.25) is 0 Å². The van der Waals surface area contributed by atoms with Gasteiger partial charge in [-0.1, -0.05) is 13.8 Å². The number of rotatable bonds is 7. The molecule has 0 bridgehead atoms. The predicted octanol–water partition coefficient (Wildman–Crippen LogP) is 2.13. The number of nitrogens with one attached hydrogen (secondary N) is 1. The van der Waals surface area contributed by atoms with E-state index in [0.29, 0.717) is 37.3 Å². The van der Waals surface area contributed by atoms with Gasteiger partial charge in [-0.15, -0.1) is 0 Å². The van der Waals surface area contributed by atoms with Crippen LogP contribution in [0.15, 0.2) is 12.4 Å². The van der Waals surface area contributed by atoms with Crippen LogP contribution < -0.4 is 10.1 Å². The molecule has 7 nitrogen and oxygen atoms in total. The molecule has 8 heteroatoms. The van der Waals surface area contributed by atoms with E-state index in [-0.39, 0.29) is 11.3 Å². The number of piperidine rings is 1. The second-order valence-corrected chi connectivity index (χ2v) is 9.35. The molecule has 0 atom stereocenters. The van der Waals surface area contributed by atoms with Gasteiger partial charge in [0.25, 0.3) is 0 Å². The average molecular weight is 356 g/mol. The second kappa shape index (κ2) is 8.11. The zero-order valence-electron chi connectivity index (χ0n) is 14.9. The zero-order valence-corrected chi connectivity index (χ0v) is 15.7. The molecule has 0 aromatic carbocycles. The van der Waals surface area contributed by atoms with E-state index in [9.17, 15) is 8.42 Å². The Hall–Kier alpha value is -1.41. The monoisotopic (exact) mass is 356 g/mol. The summed E-state index contributed by atoms with van der Waals surface area (Å²) in [6.07, 6.45) is 4.78. The first kappa shape index (κ1) is 18.9. The van der Waals surface area contributed by atoms with Crippen LogP contribution >= 0.6 is 0 Å². The summed E-state index contributed by atoms with van der Waals surface area (Å²) in [4.78, 5) is 8.56. The summed E-state index contributed by atoms with van der Waals surface area (Å²) in [5.41, 5.74) is 0. The highest BCUT2D eigenvalue weighted by molar-refractivity contribution is 7.89. The Balaban J connectivity index is 1.89. The zero-order chi connectivity index (χ0) is 17.7. The molecule has 1 fully saturated rings. The molecule has 1 aliphatic heterocycles. The lowest BCUT2D eigenvalue weighted by atomic mass is 10.1. The Morgan fingerprint density at radius 1 is 1.25 bits per heavy atom. The standard InChI is InChI=1S/C16H28N4O3S/c1-12(2)11-23-16-10-17-9-15(19-16)18-14-5-7-20(8-6-14)24(21,22)13(3)4/h9-10,12-14H,5-8,11H2,1-4H3,(H,18,19). The Labute approximate surface area is 144 Å². The van der Waals surface area contributed by atoms with Crippen LogP contribution in [0.5, 0.6) is 5.88 Å². The molecule has 1 saturated heterocycles. The third-order valence-corrected chi connectivity index (χ3v) is 6.21. The fraction of sp³-hybridized carbons (Fsp3) is 0.750. The van der Waals surface area contributed by atoms with Crippen molar-refractivity contribution >= 4 is 15.8 Å². The second-order valence-electron chi connectivity index (χ2n) is 6.86. The van der Waals surface area contributed by atoms with Crippen molar-refractivity contribution in [3.63, 3.8) is 0 Å². The van der Waals surface area contributed by atoms with E-state index in [2.05, 4.69) is 29.1 Å². The molecule has 1 aromatic rings. The van der Waals surface area contributed by atoms with Crippen LogP contribution in [0, 0.1) is 5.92 Å². The highest BCUT2D eigenvalue weighted by Crippen LogP contribution is 2.20. The molecule has 0 amide bonds. The predicted molar refractivity (Wildman–Crippen MR) is 94.6 cm³/mol. The maximum atomic E-state index is 12.2. The molecule has 2 heterocycles. The molecule has 0 radical (unpaired) electrons. The molecule has 0 spiro atoms. The SMILES string of the molecule is CC(C)COc1cncc(NC2CCN(S(=O)(=O)C(C)C)CC2)n1. The molecule has 24 heavy (non-hydrogen) atoms. The lowest BCUT2D eigenvalue weighted by Gasteiger charge is -2.32. The van der Waals surface area contributed by atoms with Crippen LogP contribution in [0.3, 0.4) is 0 Å². The number of aromatic nitrogens is 2. The van der Waals surface area contributed by atoms with Crippen molar-refractivity contribution in [1.82, 2.24) is 14.3 Å². The minimum atomic E-state index is -3.16. The third-order valence-electron chi connectivity index (χ3n) is 3.94. The normalized spacial score (nSPS) is 17.4. The Bertz CT molecular complexity index is 626. The van der Waals surface area contributed by atoms with E-state index in [4.69, 9.17) is 4.74 Å². The maximum Gasteiger partial charge on any atom is 0.234 e. The largest absolute Gasteiger partial charge is 0.476 e. The van der Waals surface area contributed by atoms with Gasteiger partial charge in [0.2, 0.25) is 15.9 Å². The minimum Gasteiger partial charge on any atom is -0.476 e. The van der Waals surface area contributed by atoms with Crippen molar-refractivity contribution < 1.29 is 13.2 Å². The van der Waals surface area contributed by atoms with Gasteiger partial charge in [0, 0.05) is 19.1 Å². The topological polar surface area (TPSA) is 84.4 Å². The smallest absolute Gasteiger partial charge is 0.234 e. The van der Waals surface area contributed by atoms with Crippen LogP contribution in [0.1, 0.15) is 40.5 Å². The molecule has 0 unspecified atom stereocenters. The first-order valence-electron chi connectivity index (χ1n) is 8.49. The summed E-state index contributed by atoms with van der Waals surface area (Å²) in [6, 6.07) is 0.193. The molecule has 0 saturated carbocycles. The summed E-state index contributed by atoms with van der Waals surface area (Å²) in [7, 11) is -3.16. The Kier molecular flexibility index (Phi) is 6.40. The molecule has 0 aliphatic carbocycles. The van der Waals surface area contributed by atoms with E-state index in [1.54, 1.807) is 30.5 Å². The van der Waals surface area contributed by atoms with Crippen molar-refractivity contribution in [2.75, 3.05) is 25.0 Å². The van der Waals surface area contributed by atoms with Crippen LogP contribution in [0.4, 0.5) is 5.82 Å². The van der Waals surface area contributed by atoms with Gasteiger partial charge in [-0.2, -0.15) is 4.98 Å². The van der Waals surface area contributed by atoms with Crippen LogP contribution in [-0.4, -0.2) is 53.7 Å². The molecule has 1 aromatic heterocycles. The summed E-state index contributed by atoms with van der Waals surface area (Å²) in [5.74, 6) is 1.60. The molecule has 136 valence electrons. The van der Waals surface area contributed by atoms with Crippen molar-refractivity contribution in [2.24, 2.45) is 5.92 Å². The highest BCUT2D eigenvalue weighted by Gasteiger charge is 2.30. The van der Waals surface area contributed by atoms with Gasteiger partial charge < -0.3 is 10.1 Å². The summed E-state index contributed by atoms with van der Waals surface area (Å²) < 4.78 is 31.5. The first-order chi connectivity index (χ1) is 11.3. The number of sulfonamides is 1. The lowest BCUT2D eigenvalue weighted by molar-refractivity contribution is 0.260. The molecular weight excluding hydrogens is 328 g/mol. The Morgan fingerprint density at radius 3 is 2.50 bits per heavy atom. The number of anilines is 1. The van der Waals surface area contributed by atoms with Gasteiger partial charge in [-0.3, -0.25) is 4.98 Å². The number of ether oxygens (including phenoxy) is 1. The summed E-state index contributed by atoms with van der Waals surface area (Å²) in [6.45, 7) is 9.27. The van der Waals surface area contributed by atoms with Crippen molar-refractivity contribution in [3.05, 3.63) is 12.4 Å².